The largest absolute Gasteiger partial charge is 0.481 e. The van der Waals surface area contributed by atoms with Gasteiger partial charge in [-0.05, 0) is 31.2 Å². The molecule has 1 N–H and O–H groups in total. The van der Waals surface area contributed by atoms with E-state index in [2.05, 4.69) is 5.32 Å². The lowest BCUT2D eigenvalue weighted by Gasteiger charge is -2.12. The molecule has 0 heterocycles. The standard InChI is InChI=1S/C11H13NO3/c1-8(11(14)12-2)15-10-5-3-9(7-13)4-6-10/h3-8H,1-2H3,(H,12,14). The van der Waals surface area contributed by atoms with E-state index in [9.17, 15) is 9.59 Å². The molecule has 1 unspecified atom stereocenters. The summed E-state index contributed by atoms with van der Waals surface area (Å²) in [7, 11) is 1.55. The summed E-state index contributed by atoms with van der Waals surface area (Å²) in [5.41, 5.74) is 0.579. The fourth-order valence-corrected chi connectivity index (χ4v) is 1.09. The van der Waals surface area contributed by atoms with Gasteiger partial charge in [-0.3, -0.25) is 9.59 Å². The number of amides is 1. The van der Waals surface area contributed by atoms with Gasteiger partial charge in [0.1, 0.15) is 12.0 Å². The summed E-state index contributed by atoms with van der Waals surface area (Å²) in [6.07, 6.45) is 0.212. The van der Waals surface area contributed by atoms with Crippen LogP contribution in [0.3, 0.4) is 0 Å². The molecule has 1 atom stereocenters. The van der Waals surface area contributed by atoms with E-state index in [0.29, 0.717) is 11.3 Å². The minimum absolute atomic E-state index is 0.186. The zero-order valence-corrected chi connectivity index (χ0v) is 8.69. The van der Waals surface area contributed by atoms with Crippen molar-refractivity contribution in [3.63, 3.8) is 0 Å². The van der Waals surface area contributed by atoms with E-state index >= 15 is 0 Å². The third-order valence-corrected chi connectivity index (χ3v) is 1.94. The maximum absolute atomic E-state index is 11.1. The van der Waals surface area contributed by atoms with Crippen molar-refractivity contribution >= 4 is 12.2 Å². The van der Waals surface area contributed by atoms with Gasteiger partial charge in [-0.25, -0.2) is 0 Å². The van der Waals surface area contributed by atoms with E-state index in [0.717, 1.165) is 6.29 Å². The number of rotatable bonds is 4. The molecular formula is C11H13NO3. The average Bonchev–Trinajstić information content (AvgIpc) is 2.29. The van der Waals surface area contributed by atoms with E-state index in [1.165, 1.54) is 0 Å². The van der Waals surface area contributed by atoms with Crippen molar-refractivity contribution in [3.8, 4) is 5.75 Å². The van der Waals surface area contributed by atoms with Crippen molar-refractivity contribution in [2.75, 3.05) is 7.05 Å². The van der Waals surface area contributed by atoms with Gasteiger partial charge in [-0.2, -0.15) is 0 Å². The van der Waals surface area contributed by atoms with E-state index < -0.39 is 6.10 Å². The molecule has 0 aliphatic carbocycles. The molecule has 1 aromatic rings. The van der Waals surface area contributed by atoms with E-state index in [1.807, 2.05) is 0 Å². The highest BCUT2D eigenvalue weighted by molar-refractivity contribution is 5.80. The third-order valence-electron chi connectivity index (χ3n) is 1.94. The molecule has 1 rings (SSSR count). The molecule has 0 saturated heterocycles. The summed E-state index contributed by atoms with van der Waals surface area (Å²) in [4.78, 5) is 21.5. The predicted molar refractivity (Wildman–Crippen MR) is 56.0 cm³/mol. The first-order valence-electron chi connectivity index (χ1n) is 4.61. The lowest BCUT2D eigenvalue weighted by molar-refractivity contribution is -0.126. The van der Waals surface area contributed by atoms with Crippen LogP contribution in [-0.4, -0.2) is 25.3 Å². The smallest absolute Gasteiger partial charge is 0.260 e. The molecule has 0 aliphatic heterocycles. The van der Waals surface area contributed by atoms with E-state index in [4.69, 9.17) is 4.74 Å². The van der Waals surface area contributed by atoms with Gasteiger partial charge in [0.15, 0.2) is 6.10 Å². The van der Waals surface area contributed by atoms with Crippen molar-refractivity contribution in [1.29, 1.82) is 0 Å². The lowest BCUT2D eigenvalue weighted by atomic mass is 10.2. The number of carbonyl (C=O) groups excluding carboxylic acids is 2. The molecule has 4 heteroatoms. The van der Waals surface area contributed by atoms with Crippen molar-refractivity contribution in [2.24, 2.45) is 0 Å². The number of hydrogen-bond donors (Lipinski definition) is 1. The van der Waals surface area contributed by atoms with Crippen molar-refractivity contribution in [2.45, 2.75) is 13.0 Å². The SMILES string of the molecule is CNC(=O)C(C)Oc1ccc(C=O)cc1. The van der Waals surface area contributed by atoms with Crippen LogP contribution in [-0.2, 0) is 4.79 Å². The highest BCUT2D eigenvalue weighted by Gasteiger charge is 2.11. The molecule has 0 aliphatic rings. The number of likely N-dealkylation sites (N-methyl/N-ethyl adjacent to an activating group) is 1. The zero-order chi connectivity index (χ0) is 11.3. The Balaban J connectivity index is 2.64. The number of aldehydes is 1. The van der Waals surface area contributed by atoms with Gasteiger partial charge in [0.05, 0.1) is 0 Å². The van der Waals surface area contributed by atoms with Crippen LogP contribution in [0.5, 0.6) is 5.75 Å². The van der Waals surface area contributed by atoms with Gasteiger partial charge in [0, 0.05) is 12.6 Å². The van der Waals surface area contributed by atoms with Crippen LogP contribution >= 0.6 is 0 Å². The number of nitrogens with one attached hydrogen (secondary N) is 1. The fraction of sp³-hybridized carbons (Fsp3) is 0.273. The summed E-state index contributed by atoms with van der Waals surface area (Å²) in [6.45, 7) is 1.66. The number of carbonyl (C=O) groups is 2. The number of hydrogen-bond acceptors (Lipinski definition) is 3. The predicted octanol–water partition coefficient (Wildman–Crippen LogP) is 1.01. The molecule has 0 fully saturated rings. The number of benzene rings is 1. The van der Waals surface area contributed by atoms with Gasteiger partial charge < -0.3 is 10.1 Å². The maximum Gasteiger partial charge on any atom is 0.260 e. The van der Waals surface area contributed by atoms with Crippen LogP contribution in [0.4, 0.5) is 0 Å². The highest BCUT2D eigenvalue weighted by atomic mass is 16.5. The first-order chi connectivity index (χ1) is 7.17. The third kappa shape index (κ3) is 3.09. The summed E-state index contributed by atoms with van der Waals surface area (Å²) in [6, 6.07) is 6.59. The molecule has 0 spiro atoms. The quantitative estimate of drug-likeness (QED) is 0.750. The van der Waals surface area contributed by atoms with E-state index in [1.54, 1.807) is 38.2 Å². The van der Waals surface area contributed by atoms with Crippen LogP contribution < -0.4 is 10.1 Å². The Labute approximate surface area is 88.2 Å². The van der Waals surface area contributed by atoms with Crippen molar-refractivity contribution in [3.05, 3.63) is 29.8 Å². The molecule has 1 aromatic carbocycles. The molecular weight excluding hydrogens is 194 g/mol. The lowest BCUT2D eigenvalue weighted by Crippen LogP contribution is -2.33. The second kappa shape index (κ2) is 5.14. The summed E-state index contributed by atoms with van der Waals surface area (Å²) < 4.78 is 5.34. The van der Waals surface area contributed by atoms with E-state index in [-0.39, 0.29) is 5.91 Å². The first kappa shape index (κ1) is 11.2. The van der Waals surface area contributed by atoms with Crippen LogP contribution in [0.2, 0.25) is 0 Å². The minimum atomic E-state index is -0.544. The fourth-order valence-electron chi connectivity index (χ4n) is 1.09. The Morgan fingerprint density at radius 3 is 2.47 bits per heavy atom. The topological polar surface area (TPSA) is 55.4 Å². The Morgan fingerprint density at radius 2 is 2.00 bits per heavy atom. The van der Waals surface area contributed by atoms with Gasteiger partial charge in [0.25, 0.3) is 5.91 Å². The molecule has 0 saturated carbocycles. The van der Waals surface area contributed by atoms with Gasteiger partial charge in [-0.1, -0.05) is 0 Å². The Bertz CT molecular complexity index is 345. The van der Waals surface area contributed by atoms with Crippen LogP contribution in [0.15, 0.2) is 24.3 Å². The molecule has 0 aromatic heterocycles. The summed E-state index contributed by atoms with van der Waals surface area (Å²) in [5.74, 6) is 0.381. The molecule has 4 nitrogen and oxygen atoms in total. The Hall–Kier alpha value is -1.84. The zero-order valence-electron chi connectivity index (χ0n) is 8.69. The average molecular weight is 207 g/mol. The Kier molecular flexibility index (Phi) is 3.85. The second-order valence-corrected chi connectivity index (χ2v) is 3.06. The minimum Gasteiger partial charge on any atom is -0.481 e. The monoisotopic (exact) mass is 207 g/mol. The normalized spacial score (nSPS) is 11.6. The van der Waals surface area contributed by atoms with Gasteiger partial charge >= 0.3 is 0 Å². The van der Waals surface area contributed by atoms with Crippen LogP contribution in [0, 0.1) is 0 Å². The first-order valence-corrected chi connectivity index (χ1v) is 4.61. The highest BCUT2D eigenvalue weighted by Crippen LogP contribution is 2.12. The molecule has 0 radical (unpaired) electrons. The van der Waals surface area contributed by atoms with Crippen LogP contribution in [0.25, 0.3) is 0 Å². The Morgan fingerprint density at radius 1 is 1.40 bits per heavy atom. The molecule has 1 amide bonds. The summed E-state index contributed by atoms with van der Waals surface area (Å²) >= 11 is 0. The molecule has 80 valence electrons. The van der Waals surface area contributed by atoms with Crippen molar-refractivity contribution < 1.29 is 14.3 Å². The second-order valence-electron chi connectivity index (χ2n) is 3.06. The molecule has 15 heavy (non-hydrogen) atoms. The van der Waals surface area contributed by atoms with Crippen molar-refractivity contribution in [1.82, 2.24) is 5.32 Å². The molecule has 0 bridgehead atoms. The summed E-state index contributed by atoms with van der Waals surface area (Å²) in [5, 5.41) is 2.49. The van der Waals surface area contributed by atoms with Crippen LogP contribution in [0.1, 0.15) is 17.3 Å². The maximum atomic E-state index is 11.1. The van der Waals surface area contributed by atoms with Gasteiger partial charge in [0.2, 0.25) is 0 Å². The van der Waals surface area contributed by atoms with Gasteiger partial charge in [-0.15, -0.1) is 0 Å². The number of ether oxygens (including phenoxy) is 1.